The lowest BCUT2D eigenvalue weighted by molar-refractivity contribution is -0.150. The number of aliphatic hydroxyl groups excluding tert-OH is 1. The van der Waals surface area contributed by atoms with E-state index in [1.165, 1.54) is 19.1 Å². The molecule has 0 radical (unpaired) electrons. The molecule has 15 nitrogen and oxygen atoms in total. The van der Waals surface area contributed by atoms with Gasteiger partial charge in [-0.3, -0.25) is 23.5 Å². The van der Waals surface area contributed by atoms with Crippen molar-refractivity contribution in [2.24, 2.45) is 0 Å². The highest BCUT2D eigenvalue weighted by Gasteiger charge is 2.56. The molecule has 3 heterocycles. The number of nitrogens with zero attached hydrogens (tertiary/aromatic N) is 2. The second kappa shape index (κ2) is 15.7. The van der Waals surface area contributed by atoms with Gasteiger partial charge in [0.2, 0.25) is 0 Å². The highest BCUT2D eigenvalue weighted by Crippen LogP contribution is 2.47. The quantitative estimate of drug-likeness (QED) is 0.204. The number of hydrogen-bond donors (Lipinski definition) is 3. The summed E-state index contributed by atoms with van der Waals surface area (Å²) in [7, 11) is -4.39. The minimum atomic E-state index is -4.39. The lowest BCUT2D eigenvalue weighted by atomic mass is 9.98. The molecule has 4 rings (SSSR count). The van der Waals surface area contributed by atoms with Gasteiger partial charge < -0.3 is 29.2 Å². The highest BCUT2D eigenvalue weighted by molar-refractivity contribution is 7.52. The number of hydrogen-bond acceptors (Lipinski definition) is 12. The molecule has 0 bridgehead atoms. The fraction of sp³-hybridized carbons (Fsp3) is 0.571. The van der Waals surface area contributed by atoms with Gasteiger partial charge in [0, 0.05) is 12.3 Å². The van der Waals surface area contributed by atoms with Gasteiger partial charge >= 0.3 is 25.4 Å². The van der Waals surface area contributed by atoms with Crippen molar-refractivity contribution in [3.8, 4) is 5.75 Å². The van der Waals surface area contributed by atoms with Crippen LogP contribution in [0.1, 0.15) is 46.8 Å². The van der Waals surface area contributed by atoms with E-state index in [4.69, 9.17) is 23.3 Å². The first-order chi connectivity index (χ1) is 21.2. The van der Waals surface area contributed by atoms with Crippen LogP contribution in [0.15, 0.2) is 52.2 Å². The first kappa shape index (κ1) is 37.3. The molecule has 1 aromatic carbocycles. The second-order valence-electron chi connectivity index (χ2n) is 11.2. The molecule has 0 aliphatic carbocycles. The molecule has 0 spiro atoms. The van der Waals surface area contributed by atoms with Crippen LogP contribution in [0.3, 0.4) is 0 Å². The summed E-state index contributed by atoms with van der Waals surface area (Å²) < 4.78 is 58.2. The normalized spacial score (nSPS) is 26.2. The molecule has 2 saturated heterocycles. The summed E-state index contributed by atoms with van der Waals surface area (Å²) >= 11 is 0. The number of aliphatic hydroxyl groups is 1. The number of carbonyl (C=O) groups is 2. The Balaban J connectivity index is 0.00000576. The zero-order chi connectivity index (χ0) is 32.9. The van der Waals surface area contributed by atoms with Gasteiger partial charge in [-0.25, -0.2) is 18.3 Å². The monoisotopic (exact) mass is 692 g/mol. The number of alkyl halides is 1. The molecule has 0 amide bonds. The molecule has 2 aliphatic heterocycles. The minimum Gasteiger partial charge on any atom is -0.462 e. The van der Waals surface area contributed by atoms with Gasteiger partial charge in [0.1, 0.15) is 30.0 Å². The van der Waals surface area contributed by atoms with E-state index >= 15 is 4.39 Å². The first-order valence-corrected chi connectivity index (χ1v) is 16.0. The molecule has 18 heteroatoms. The Morgan fingerprint density at radius 1 is 1.22 bits per heavy atom. The van der Waals surface area contributed by atoms with Crippen LogP contribution in [0.4, 0.5) is 4.39 Å². The standard InChI is InChI=1S/C28H38FN4O11P.ClH/c1-17(2)42-24(36)18(3)31-45(39,44-19-9-6-5-7-10-19)41-15-21-23(35)28(4,29)26(43-21)32-14-12-22(34)33(27(32)38)16-40-25(37)20-11-8-13-30-20;/h5-7,9-10,12,14,17-18,20-21,23,26,30,35H,8,11,13,15-16H2,1-4H3,(H,31,39);1H/t18-,20-,21+,23+,26+,28+,45-;/m0./s1. The average Bonchev–Trinajstić information content (AvgIpc) is 3.59. The number of rotatable bonds is 13. The number of benzene rings is 1. The van der Waals surface area contributed by atoms with Gasteiger partial charge in [-0.05, 0) is 59.2 Å². The summed E-state index contributed by atoms with van der Waals surface area (Å²) in [5, 5.41) is 16.3. The molecule has 46 heavy (non-hydrogen) atoms. The molecule has 0 unspecified atom stereocenters. The maximum Gasteiger partial charge on any atom is 0.459 e. The first-order valence-electron chi connectivity index (χ1n) is 14.4. The van der Waals surface area contributed by atoms with Crippen LogP contribution >= 0.6 is 20.2 Å². The highest BCUT2D eigenvalue weighted by atomic mass is 35.5. The summed E-state index contributed by atoms with van der Waals surface area (Å²) in [6.45, 7) is 4.85. The molecule has 2 aliphatic rings. The van der Waals surface area contributed by atoms with Crippen molar-refractivity contribution in [1.29, 1.82) is 0 Å². The fourth-order valence-corrected chi connectivity index (χ4v) is 6.30. The van der Waals surface area contributed by atoms with Crippen molar-refractivity contribution in [2.75, 3.05) is 13.2 Å². The van der Waals surface area contributed by atoms with Crippen molar-refractivity contribution in [3.05, 3.63) is 63.4 Å². The van der Waals surface area contributed by atoms with Gasteiger partial charge in [-0.15, -0.1) is 12.4 Å². The number of halogens is 2. The second-order valence-corrected chi connectivity index (χ2v) is 12.9. The summed E-state index contributed by atoms with van der Waals surface area (Å²) in [5.41, 5.74) is -4.48. The van der Waals surface area contributed by atoms with Crippen LogP contribution in [-0.4, -0.2) is 75.4 Å². The fourth-order valence-electron chi connectivity index (χ4n) is 4.80. The molecule has 0 saturated carbocycles. The molecular weight excluding hydrogens is 654 g/mol. The Labute approximate surface area is 270 Å². The zero-order valence-electron chi connectivity index (χ0n) is 25.7. The van der Waals surface area contributed by atoms with E-state index in [2.05, 4.69) is 10.4 Å². The summed E-state index contributed by atoms with van der Waals surface area (Å²) in [4.78, 5) is 50.4. The molecule has 256 valence electrons. The number of para-hydroxylation sites is 1. The van der Waals surface area contributed by atoms with Crippen molar-refractivity contribution in [3.63, 3.8) is 0 Å². The topological polar surface area (TPSA) is 186 Å². The van der Waals surface area contributed by atoms with Gasteiger partial charge in [-0.2, -0.15) is 5.09 Å². The third-order valence-electron chi connectivity index (χ3n) is 7.18. The Kier molecular flexibility index (Phi) is 12.7. The van der Waals surface area contributed by atoms with E-state index in [-0.39, 0.29) is 18.2 Å². The molecule has 2 fully saturated rings. The Bertz CT molecular complexity index is 1520. The summed E-state index contributed by atoms with van der Waals surface area (Å²) in [5.74, 6) is -1.26. The van der Waals surface area contributed by atoms with E-state index in [0.29, 0.717) is 17.5 Å². The van der Waals surface area contributed by atoms with Gasteiger partial charge in [0.05, 0.1) is 12.7 Å². The number of ether oxygens (including phenoxy) is 3. The van der Waals surface area contributed by atoms with Crippen LogP contribution in [-0.2, 0) is 39.6 Å². The van der Waals surface area contributed by atoms with E-state index in [1.807, 2.05) is 0 Å². The summed E-state index contributed by atoms with van der Waals surface area (Å²) in [6.07, 6.45) is -3.31. The molecule has 7 atom stereocenters. The minimum absolute atomic E-state index is 0. The van der Waals surface area contributed by atoms with Crippen LogP contribution in [0.2, 0.25) is 0 Å². The van der Waals surface area contributed by atoms with Crippen molar-refractivity contribution < 1.29 is 46.9 Å². The Hall–Kier alpha value is -3.11. The van der Waals surface area contributed by atoms with Crippen LogP contribution in [0, 0.1) is 0 Å². The maximum absolute atomic E-state index is 16.0. The smallest absolute Gasteiger partial charge is 0.459 e. The van der Waals surface area contributed by atoms with E-state index in [9.17, 15) is 28.8 Å². The van der Waals surface area contributed by atoms with Crippen molar-refractivity contribution in [1.82, 2.24) is 19.5 Å². The lowest BCUT2D eigenvalue weighted by Gasteiger charge is -2.25. The number of esters is 2. The molecule has 1 aromatic heterocycles. The summed E-state index contributed by atoms with van der Waals surface area (Å²) in [6, 6.07) is 7.15. The van der Waals surface area contributed by atoms with Gasteiger partial charge in [0.15, 0.2) is 18.6 Å². The van der Waals surface area contributed by atoms with E-state index < -0.39 is 86.6 Å². The Morgan fingerprint density at radius 2 is 1.91 bits per heavy atom. The largest absolute Gasteiger partial charge is 0.462 e. The van der Waals surface area contributed by atoms with E-state index in [0.717, 1.165) is 30.2 Å². The number of carbonyl (C=O) groups excluding carboxylic acids is 2. The van der Waals surface area contributed by atoms with Crippen LogP contribution in [0.5, 0.6) is 5.75 Å². The van der Waals surface area contributed by atoms with Gasteiger partial charge in [-0.1, -0.05) is 18.2 Å². The van der Waals surface area contributed by atoms with E-state index in [1.54, 1.807) is 32.0 Å². The molecular formula is C28H39ClFN4O11P. The van der Waals surface area contributed by atoms with Crippen molar-refractivity contribution in [2.45, 2.75) is 89.6 Å². The Morgan fingerprint density at radius 3 is 2.54 bits per heavy atom. The number of aromatic nitrogens is 2. The third-order valence-corrected chi connectivity index (χ3v) is 8.82. The van der Waals surface area contributed by atoms with Crippen molar-refractivity contribution >= 4 is 32.1 Å². The lowest BCUT2D eigenvalue weighted by Crippen LogP contribution is -2.47. The average molecular weight is 693 g/mol. The zero-order valence-corrected chi connectivity index (χ0v) is 27.4. The predicted octanol–water partition coefficient (Wildman–Crippen LogP) is 1.80. The molecule has 2 aromatic rings. The van der Waals surface area contributed by atoms with Crippen LogP contribution in [0.25, 0.3) is 0 Å². The third kappa shape index (κ3) is 8.82. The maximum atomic E-state index is 16.0. The SMILES string of the molecule is CC(C)OC(=O)[C@H](C)N[P@](=O)(OC[C@H]1O[C@@H](n2ccc(=O)n(COC(=O)[C@@H]3CCCN3)c2=O)[C@](C)(F)[C@@H]1O)Oc1ccccc1.Cl. The molecule has 3 N–H and O–H groups in total. The van der Waals surface area contributed by atoms with Gasteiger partial charge in [0.25, 0.3) is 5.56 Å². The number of nitrogens with one attached hydrogen (secondary N) is 2. The predicted molar refractivity (Wildman–Crippen MR) is 163 cm³/mol. The van der Waals surface area contributed by atoms with Crippen LogP contribution < -0.4 is 26.2 Å².